The molecule has 0 amide bonds. The van der Waals surface area contributed by atoms with Crippen LogP contribution in [0.1, 0.15) is 27.7 Å². The van der Waals surface area contributed by atoms with Gasteiger partial charge in [-0.05, 0) is 27.7 Å². The van der Waals surface area contributed by atoms with E-state index in [1.165, 1.54) is 12.4 Å². The minimum Gasteiger partial charge on any atom is -0.423 e. The number of hydrogen-bond donors (Lipinski definition) is 2. The summed E-state index contributed by atoms with van der Waals surface area (Å²) in [5, 5.41) is 20.1. The number of rotatable bonds is 5. The van der Waals surface area contributed by atoms with Crippen LogP contribution in [0, 0.1) is 0 Å². The molecule has 7 nitrogen and oxygen atoms in total. The predicted octanol–water partition coefficient (Wildman–Crippen LogP) is -0.0841. The topological polar surface area (TPSA) is 93.3 Å². The summed E-state index contributed by atoms with van der Waals surface area (Å²) in [6.45, 7) is 6.66. The van der Waals surface area contributed by atoms with E-state index in [0.717, 1.165) is 0 Å². The second-order valence-corrected chi connectivity index (χ2v) is 5.83. The maximum Gasteiger partial charge on any atom is 0.494 e. The summed E-state index contributed by atoms with van der Waals surface area (Å²) in [5.41, 5.74) is -1.63. The first-order chi connectivity index (χ1) is 9.71. The minimum atomic E-state index is -1.22. The van der Waals surface area contributed by atoms with Crippen LogP contribution in [0.5, 0.6) is 0 Å². The van der Waals surface area contributed by atoms with Gasteiger partial charge in [0, 0.05) is 30.3 Å². The molecule has 0 bridgehead atoms. The van der Waals surface area contributed by atoms with Gasteiger partial charge >= 0.3 is 7.12 Å². The molecule has 0 unspecified atom stereocenters. The Bertz CT molecular complexity index is 578. The predicted molar refractivity (Wildman–Crippen MR) is 78.2 cm³/mol. The molecule has 0 aromatic carbocycles. The van der Waals surface area contributed by atoms with Gasteiger partial charge in [0.25, 0.3) is 0 Å². The van der Waals surface area contributed by atoms with Crippen molar-refractivity contribution >= 4 is 12.6 Å². The minimum absolute atomic E-state index is 0.413. The van der Waals surface area contributed by atoms with E-state index in [2.05, 4.69) is 15.0 Å². The number of nitrogens with zero attached hydrogens (tertiary/aromatic N) is 4. The maximum absolute atomic E-state index is 10.1. The van der Waals surface area contributed by atoms with Crippen molar-refractivity contribution in [2.75, 3.05) is 0 Å². The van der Waals surface area contributed by atoms with Gasteiger partial charge in [-0.2, -0.15) is 0 Å². The Morgan fingerprint density at radius 1 is 1.19 bits per heavy atom. The normalized spacial score (nSPS) is 12.5. The van der Waals surface area contributed by atoms with Crippen LogP contribution < -0.4 is 5.46 Å². The molecule has 2 rings (SSSR count). The van der Waals surface area contributed by atoms with Crippen molar-refractivity contribution < 1.29 is 14.8 Å². The van der Waals surface area contributed by atoms with E-state index < -0.39 is 18.3 Å². The highest BCUT2D eigenvalue weighted by Gasteiger charge is 2.39. The average molecular weight is 290 g/mol. The van der Waals surface area contributed by atoms with Crippen molar-refractivity contribution in [1.82, 2.24) is 19.5 Å². The molecule has 0 aliphatic carbocycles. The zero-order chi connectivity index (χ0) is 15.7. The summed E-state index contributed by atoms with van der Waals surface area (Å²) in [7, 11) is -1.22. The molecular weight excluding hydrogens is 271 g/mol. The lowest BCUT2D eigenvalue weighted by molar-refractivity contribution is -0.0982. The molecule has 2 aromatic heterocycles. The van der Waals surface area contributed by atoms with Crippen molar-refractivity contribution in [2.24, 2.45) is 0 Å². The summed E-state index contributed by atoms with van der Waals surface area (Å²) in [4.78, 5) is 12.2. The zero-order valence-corrected chi connectivity index (χ0v) is 12.6. The van der Waals surface area contributed by atoms with Gasteiger partial charge in [0.05, 0.1) is 11.2 Å². The molecule has 0 saturated carbocycles. The third-order valence-corrected chi connectivity index (χ3v) is 3.56. The van der Waals surface area contributed by atoms with Gasteiger partial charge in [0.1, 0.15) is 6.33 Å². The molecule has 0 saturated heterocycles. The fourth-order valence-corrected chi connectivity index (χ4v) is 1.46. The molecular formula is C13H19BN4O3. The van der Waals surface area contributed by atoms with E-state index in [-0.39, 0.29) is 0 Å². The molecule has 21 heavy (non-hydrogen) atoms. The number of aliphatic hydroxyl groups is 1. The molecule has 0 aliphatic rings. The molecule has 0 atom stereocenters. The third kappa shape index (κ3) is 3.47. The molecule has 2 N–H and O–H groups in total. The fraction of sp³-hybridized carbons (Fsp3) is 0.462. The van der Waals surface area contributed by atoms with Crippen LogP contribution >= 0.6 is 0 Å². The first kappa shape index (κ1) is 15.6. The van der Waals surface area contributed by atoms with Gasteiger partial charge in [0.2, 0.25) is 5.95 Å². The molecule has 0 spiro atoms. The Morgan fingerprint density at radius 3 is 2.29 bits per heavy atom. The standard InChI is InChI=1S/C13H19BN4O3/c1-12(2,19)13(3,4)21-14(20)10-7-16-11(17-8-10)18-6-5-15-9-18/h5-9,19-20H,1-4H3. The van der Waals surface area contributed by atoms with E-state index in [9.17, 15) is 10.1 Å². The van der Waals surface area contributed by atoms with Crippen LogP contribution in [0.2, 0.25) is 0 Å². The first-order valence-corrected chi connectivity index (χ1v) is 6.59. The summed E-state index contributed by atoms with van der Waals surface area (Å²) < 4.78 is 7.18. The van der Waals surface area contributed by atoms with Gasteiger partial charge in [-0.15, -0.1) is 0 Å². The van der Waals surface area contributed by atoms with Crippen molar-refractivity contribution in [2.45, 2.75) is 38.9 Å². The van der Waals surface area contributed by atoms with E-state index in [0.29, 0.717) is 11.4 Å². The zero-order valence-electron chi connectivity index (χ0n) is 12.6. The molecule has 0 fully saturated rings. The largest absolute Gasteiger partial charge is 0.494 e. The van der Waals surface area contributed by atoms with E-state index in [1.807, 2.05) is 0 Å². The van der Waals surface area contributed by atoms with Crippen LogP contribution in [0.3, 0.4) is 0 Å². The average Bonchev–Trinajstić information content (AvgIpc) is 2.91. The Kier molecular flexibility index (Phi) is 4.13. The van der Waals surface area contributed by atoms with Gasteiger partial charge in [-0.3, -0.25) is 4.57 Å². The third-order valence-electron chi connectivity index (χ3n) is 3.56. The highest BCUT2D eigenvalue weighted by molar-refractivity contribution is 6.59. The molecule has 0 radical (unpaired) electrons. The highest BCUT2D eigenvalue weighted by Crippen LogP contribution is 2.25. The molecule has 112 valence electrons. The van der Waals surface area contributed by atoms with Crippen molar-refractivity contribution in [3.63, 3.8) is 0 Å². The summed E-state index contributed by atoms with van der Waals surface area (Å²) in [6.07, 6.45) is 7.89. The SMILES string of the molecule is CC(C)(O)C(C)(C)OB(O)c1cnc(-n2ccnc2)nc1. The lowest BCUT2D eigenvalue weighted by atomic mass is 9.78. The Balaban J connectivity index is 2.12. The van der Waals surface area contributed by atoms with E-state index in [4.69, 9.17) is 4.65 Å². The van der Waals surface area contributed by atoms with Gasteiger partial charge in [0.15, 0.2) is 0 Å². The van der Waals surface area contributed by atoms with Crippen LogP contribution in [-0.2, 0) is 4.65 Å². The second-order valence-electron chi connectivity index (χ2n) is 5.83. The molecule has 2 heterocycles. The molecule has 2 aromatic rings. The Hall–Kier alpha value is -1.77. The number of hydrogen-bond acceptors (Lipinski definition) is 6. The Labute approximate surface area is 123 Å². The van der Waals surface area contributed by atoms with Crippen LogP contribution in [0.25, 0.3) is 5.95 Å². The second kappa shape index (κ2) is 5.55. The van der Waals surface area contributed by atoms with Crippen LogP contribution in [0.15, 0.2) is 31.1 Å². The lowest BCUT2D eigenvalue weighted by Crippen LogP contribution is -2.53. The van der Waals surface area contributed by atoms with Gasteiger partial charge < -0.3 is 14.8 Å². The molecule has 0 aliphatic heterocycles. The summed E-state index contributed by atoms with van der Waals surface area (Å²) in [5.74, 6) is 0.449. The Morgan fingerprint density at radius 2 is 1.81 bits per heavy atom. The quantitative estimate of drug-likeness (QED) is 0.748. The first-order valence-electron chi connectivity index (χ1n) is 6.59. The van der Waals surface area contributed by atoms with Gasteiger partial charge in [-0.25, -0.2) is 15.0 Å². The van der Waals surface area contributed by atoms with Gasteiger partial charge in [-0.1, -0.05) is 0 Å². The fourth-order valence-electron chi connectivity index (χ4n) is 1.46. The highest BCUT2D eigenvalue weighted by atomic mass is 16.5. The van der Waals surface area contributed by atoms with E-state index in [1.54, 1.807) is 51.0 Å². The van der Waals surface area contributed by atoms with Crippen molar-refractivity contribution in [3.8, 4) is 5.95 Å². The van der Waals surface area contributed by atoms with Crippen LogP contribution in [-0.4, -0.2) is 48.0 Å². The van der Waals surface area contributed by atoms with Crippen molar-refractivity contribution in [3.05, 3.63) is 31.1 Å². The van der Waals surface area contributed by atoms with Crippen LogP contribution in [0.4, 0.5) is 0 Å². The van der Waals surface area contributed by atoms with E-state index >= 15 is 0 Å². The maximum atomic E-state index is 10.1. The molecule has 8 heteroatoms. The lowest BCUT2D eigenvalue weighted by Gasteiger charge is -2.38. The monoisotopic (exact) mass is 290 g/mol. The number of aromatic nitrogens is 4. The summed E-state index contributed by atoms with van der Waals surface area (Å²) in [6, 6.07) is 0. The van der Waals surface area contributed by atoms with Crippen molar-refractivity contribution in [1.29, 1.82) is 0 Å². The summed E-state index contributed by atoms with van der Waals surface area (Å²) >= 11 is 0. The smallest absolute Gasteiger partial charge is 0.423 e. The number of imidazole rings is 1.